The Labute approximate surface area is 81.5 Å². The van der Waals surface area contributed by atoms with Gasteiger partial charge >= 0.3 is 0 Å². The maximum absolute atomic E-state index is 13.3. The van der Waals surface area contributed by atoms with Crippen molar-refractivity contribution in [3.63, 3.8) is 0 Å². The van der Waals surface area contributed by atoms with Gasteiger partial charge in [-0.25, -0.2) is 4.39 Å². The average Bonchev–Trinajstić information content (AvgIpc) is 2.62. The van der Waals surface area contributed by atoms with Crippen LogP contribution >= 0.6 is 0 Å². The van der Waals surface area contributed by atoms with Crippen molar-refractivity contribution in [1.29, 1.82) is 0 Å². The van der Waals surface area contributed by atoms with Crippen LogP contribution in [0.1, 0.15) is 12.6 Å². The maximum Gasteiger partial charge on any atom is 0.132 e. The van der Waals surface area contributed by atoms with Gasteiger partial charge in [0.15, 0.2) is 0 Å². The second-order valence-corrected chi connectivity index (χ2v) is 3.19. The molecule has 0 saturated carbocycles. The number of H-pyrrole nitrogens is 1. The summed E-state index contributed by atoms with van der Waals surface area (Å²) in [6, 6.07) is 6.78. The van der Waals surface area contributed by atoms with Gasteiger partial charge in [0.05, 0.1) is 11.4 Å². The Balaban J connectivity index is 2.68. The Kier molecular flexibility index (Phi) is 2.08. The Bertz CT molecular complexity index is 497. The molecule has 0 amide bonds. The van der Waals surface area contributed by atoms with E-state index < -0.39 is 0 Å². The molecule has 0 unspecified atom stereocenters. The highest BCUT2D eigenvalue weighted by molar-refractivity contribution is 6.01. The molecule has 1 aromatic carbocycles. The van der Waals surface area contributed by atoms with E-state index in [-0.39, 0.29) is 5.82 Å². The van der Waals surface area contributed by atoms with Crippen molar-refractivity contribution < 1.29 is 4.39 Å². The summed E-state index contributed by atoms with van der Waals surface area (Å²) in [4.78, 5) is 7.16. The summed E-state index contributed by atoms with van der Waals surface area (Å²) in [5, 5.41) is 0.616. The first-order valence-electron chi connectivity index (χ1n) is 4.43. The monoisotopic (exact) mass is 190 g/mol. The third kappa shape index (κ3) is 1.31. The van der Waals surface area contributed by atoms with Gasteiger partial charge in [0, 0.05) is 18.0 Å². The lowest BCUT2D eigenvalue weighted by molar-refractivity contribution is 0.640. The third-order valence-corrected chi connectivity index (χ3v) is 2.34. The molecule has 3 heteroatoms. The van der Waals surface area contributed by atoms with Crippen LogP contribution in [-0.2, 0) is 0 Å². The van der Waals surface area contributed by atoms with Gasteiger partial charge in [-0.1, -0.05) is 6.07 Å². The Hall–Kier alpha value is -1.64. The molecule has 2 nitrogen and oxygen atoms in total. The standard InChI is InChI=1S/C11H11FN2/c1-7(13-2)11-6-8-9(12)4-3-5-10(8)14-11/h3-6,14H,1-2H3. The maximum atomic E-state index is 13.3. The highest BCUT2D eigenvalue weighted by Crippen LogP contribution is 2.18. The average molecular weight is 190 g/mol. The predicted molar refractivity (Wildman–Crippen MR) is 56.4 cm³/mol. The van der Waals surface area contributed by atoms with Crippen LogP contribution in [0, 0.1) is 5.82 Å². The summed E-state index contributed by atoms with van der Waals surface area (Å²) in [5.74, 6) is -0.200. The Morgan fingerprint density at radius 3 is 2.86 bits per heavy atom. The van der Waals surface area contributed by atoms with Crippen molar-refractivity contribution in [2.75, 3.05) is 7.05 Å². The number of halogens is 1. The number of aromatic nitrogens is 1. The fourth-order valence-corrected chi connectivity index (χ4v) is 1.43. The van der Waals surface area contributed by atoms with E-state index in [1.165, 1.54) is 6.07 Å². The summed E-state index contributed by atoms with van der Waals surface area (Å²) in [6.45, 7) is 1.89. The summed E-state index contributed by atoms with van der Waals surface area (Å²) < 4.78 is 13.3. The SMILES string of the molecule is CN=C(C)c1cc2c(F)cccc2[nH]1. The molecule has 0 fully saturated rings. The molecule has 0 spiro atoms. The first kappa shape index (κ1) is 8.94. The van der Waals surface area contributed by atoms with Crippen LogP contribution in [-0.4, -0.2) is 17.7 Å². The molecule has 1 aromatic heterocycles. The molecule has 0 aliphatic carbocycles. The molecule has 72 valence electrons. The van der Waals surface area contributed by atoms with E-state index >= 15 is 0 Å². The van der Waals surface area contributed by atoms with Gasteiger partial charge in [0.1, 0.15) is 5.82 Å². The van der Waals surface area contributed by atoms with Crippen LogP contribution in [0.3, 0.4) is 0 Å². The lowest BCUT2D eigenvalue weighted by atomic mass is 10.2. The first-order chi connectivity index (χ1) is 6.72. The third-order valence-electron chi connectivity index (χ3n) is 2.34. The molecule has 0 atom stereocenters. The highest BCUT2D eigenvalue weighted by Gasteiger charge is 2.05. The molecular weight excluding hydrogens is 179 g/mol. The summed E-state index contributed by atoms with van der Waals surface area (Å²) in [7, 11) is 1.72. The zero-order valence-electron chi connectivity index (χ0n) is 8.13. The van der Waals surface area contributed by atoms with Gasteiger partial charge in [0.25, 0.3) is 0 Å². The molecule has 0 aliphatic rings. The van der Waals surface area contributed by atoms with Crippen molar-refractivity contribution in [3.05, 3.63) is 35.8 Å². The Morgan fingerprint density at radius 2 is 2.21 bits per heavy atom. The number of nitrogens with one attached hydrogen (secondary N) is 1. The molecule has 0 saturated heterocycles. The summed E-state index contributed by atoms with van der Waals surface area (Å²) in [6.07, 6.45) is 0. The number of hydrogen-bond acceptors (Lipinski definition) is 1. The van der Waals surface area contributed by atoms with Crippen LogP contribution in [0.5, 0.6) is 0 Å². The molecule has 2 aromatic rings. The molecule has 2 rings (SSSR count). The fourth-order valence-electron chi connectivity index (χ4n) is 1.43. The van der Waals surface area contributed by atoms with Gasteiger partial charge in [-0.2, -0.15) is 0 Å². The van der Waals surface area contributed by atoms with E-state index in [9.17, 15) is 4.39 Å². The van der Waals surface area contributed by atoms with Gasteiger partial charge in [-0.15, -0.1) is 0 Å². The molecule has 0 aliphatic heterocycles. The van der Waals surface area contributed by atoms with Crippen LogP contribution in [0.15, 0.2) is 29.3 Å². The molecule has 1 N–H and O–H groups in total. The summed E-state index contributed by atoms with van der Waals surface area (Å²) >= 11 is 0. The number of benzene rings is 1. The zero-order chi connectivity index (χ0) is 10.1. The van der Waals surface area contributed by atoms with Crippen LogP contribution in [0.25, 0.3) is 10.9 Å². The van der Waals surface area contributed by atoms with E-state index in [0.29, 0.717) is 5.39 Å². The molecule has 14 heavy (non-hydrogen) atoms. The molecular formula is C11H11FN2. The van der Waals surface area contributed by atoms with Crippen molar-refractivity contribution in [3.8, 4) is 0 Å². The van der Waals surface area contributed by atoms with Crippen molar-refractivity contribution in [1.82, 2.24) is 4.98 Å². The quantitative estimate of drug-likeness (QED) is 0.670. The zero-order valence-corrected chi connectivity index (χ0v) is 8.13. The number of nitrogens with zero attached hydrogens (tertiary/aromatic N) is 1. The van der Waals surface area contributed by atoms with Gasteiger partial charge in [-0.3, -0.25) is 4.99 Å². The van der Waals surface area contributed by atoms with E-state index in [2.05, 4.69) is 9.98 Å². The van der Waals surface area contributed by atoms with Gasteiger partial charge in [0.2, 0.25) is 0 Å². The van der Waals surface area contributed by atoms with Crippen LogP contribution in [0.2, 0.25) is 0 Å². The number of rotatable bonds is 1. The van der Waals surface area contributed by atoms with Crippen LogP contribution in [0.4, 0.5) is 4.39 Å². The first-order valence-corrected chi connectivity index (χ1v) is 4.43. The van der Waals surface area contributed by atoms with Crippen molar-refractivity contribution in [2.45, 2.75) is 6.92 Å². The van der Waals surface area contributed by atoms with E-state index in [1.54, 1.807) is 19.2 Å². The van der Waals surface area contributed by atoms with Gasteiger partial charge < -0.3 is 4.98 Å². The predicted octanol–water partition coefficient (Wildman–Crippen LogP) is 2.75. The number of fused-ring (bicyclic) bond motifs is 1. The molecule has 1 heterocycles. The minimum absolute atomic E-state index is 0.200. The van der Waals surface area contributed by atoms with E-state index in [1.807, 2.05) is 13.0 Å². The normalized spacial score (nSPS) is 12.4. The topological polar surface area (TPSA) is 28.1 Å². The van der Waals surface area contributed by atoms with Crippen molar-refractivity contribution in [2.24, 2.45) is 4.99 Å². The largest absolute Gasteiger partial charge is 0.353 e. The fraction of sp³-hybridized carbons (Fsp3) is 0.182. The number of aliphatic imine (C=N–C) groups is 1. The highest BCUT2D eigenvalue weighted by atomic mass is 19.1. The summed E-state index contributed by atoms with van der Waals surface area (Å²) in [5.41, 5.74) is 2.55. The van der Waals surface area contributed by atoms with E-state index in [0.717, 1.165) is 16.9 Å². The second-order valence-electron chi connectivity index (χ2n) is 3.19. The van der Waals surface area contributed by atoms with Crippen LogP contribution < -0.4 is 0 Å². The number of aromatic amines is 1. The number of hydrogen-bond donors (Lipinski definition) is 1. The Morgan fingerprint density at radius 1 is 1.43 bits per heavy atom. The second kappa shape index (κ2) is 3.25. The lowest BCUT2D eigenvalue weighted by Crippen LogP contribution is -1.92. The van der Waals surface area contributed by atoms with Gasteiger partial charge in [-0.05, 0) is 25.1 Å². The lowest BCUT2D eigenvalue weighted by Gasteiger charge is -1.91. The van der Waals surface area contributed by atoms with E-state index in [4.69, 9.17) is 0 Å². The van der Waals surface area contributed by atoms with Crippen molar-refractivity contribution >= 4 is 16.6 Å². The smallest absolute Gasteiger partial charge is 0.132 e. The molecule has 0 bridgehead atoms. The minimum atomic E-state index is -0.200. The minimum Gasteiger partial charge on any atom is -0.353 e. The molecule has 0 radical (unpaired) electrons.